The minimum atomic E-state index is -1.15. The predicted octanol–water partition coefficient (Wildman–Crippen LogP) is 7.85. The van der Waals surface area contributed by atoms with Gasteiger partial charge in [-0.2, -0.15) is 0 Å². The van der Waals surface area contributed by atoms with E-state index < -0.39 is 29.2 Å². The van der Waals surface area contributed by atoms with E-state index in [9.17, 15) is 24.6 Å². The smallest absolute Gasteiger partial charge is 0.339 e. The number of hydrogen-bond donors (Lipinski definition) is 2. The molecule has 0 radical (unpaired) electrons. The van der Waals surface area contributed by atoms with Crippen LogP contribution in [-0.4, -0.2) is 57.6 Å². The van der Waals surface area contributed by atoms with Gasteiger partial charge in [0.1, 0.15) is 12.2 Å². The zero-order chi connectivity index (χ0) is 35.2. The summed E-state index contributed by atoms with van der Waals surface area (Å²) >= 11 is 0. The van der Waals surface area contributed by atoms with Gasteiger partial charge in [-0.05, 0) is 125 Å². The number of hydrogen-bond acceptors (Lipinski definition) is 7. The Balaban J connectivity index is 1.42. The van der Waals surface area contributed by atoms with Crippen molar-refractivity contribution in [3.8, 4) is 0 Å². The maximum atomic E-state index is 14.1. The predicted molar refractivity (Wildman–Crippen MR) is 181 cm³/mol. The van der Waals surface area contributed by atoms with E-state index in [1.807, 2.05) is 13.8 Å². The lowest BCUT2D eigenvalue weighted by atomic mass is 9.35. The van der Waals surface area contributed by atoms with Crippen LogP contribution in [0.25, 0.3) is 0 Å². The Hall–Kier alpha value is -2.45. The van der Waals surface area contributed by atoms with E-state index in [4.69, 9.17) is 14.2 Å². The molecule has 266 valence electrons. The van der Waals surface area contributed by atoms with Gasteiger partial charge >= 0.3 is 17.9 Å². The molecule has 1 heterocycles. The number of esters is 2. The average molecular weight is 667 g/mol. The number of aromatic carboxylic acids is 1. The number of carbonyl (C=O) groups excluding carboxylic acids is 2. The molecule has 0 unspecified atom stereocenters. The van der Waals surface area contributed by atoms with Crippen molar-refractivity contribution in [2.45, 2.75) is 150 Å². The zero-order valence-electron chi connectivity index (χ0n) is 30.6. The largest absolute Gasteiger partial charge is 0.478 e. The molecule has 1 saturated heterocycles. The third-order valence-electron chi connectivity index (χ3n) is 15.1. The van der Waals surface area contributed by atoms with Crippen molar-refractivity contribution in [2.75, 3.05) is 0 Å². The number of aliphatic hydroxyl groups is 1. The third-order valence-corrected chi connectivity index (χ3v) is 15.1. The maximum absolute atomic E-state index is 14.1. The second-order valence-electron chi connectivity index (χ2n) is 18.3. The van der Waals surface area contributed by atoms with Crippen LogP contribution in [0.3, 0.4) is 0 Å². The molecule has 0 bridgehead atoms. The van der Waals surface area contributed by atoms with Gasteiger partial charge in [0.2, 0.25) is 0 Å². The van der Waals surface area contributed by atoms with Gasteiger partial charge in [0.05, 0.1) is 28.4 Å². The molecule has 5 fully saturated rings. The SMILES string of the molecule is CC(=O)O[C@H]1CC[C@]2(C)[C@H]3C[C@@H](OC(=O)c4ccccc4C(=O)O)[C@@H]4[C@@H]([C@]5(C)CC[C@@H](C(C)(C)O)O5)CC[C@@]4(C)[C@]3(C)CC[C@H]2C1(C)C. The first-order valence-electron chi connectivity index (χ1n) is 18.3. The lowest BCUT2D eigenvalue weighted by Gasteiger charge is -2.70. The minimum absolute atomic E-state index is 0.00999. The third kappa shape index (κ3) is 5.25. The summed E-state index contributed by atoms with van der Waals surface area (Å²) in [6.07, 6.45) is 7.21. The van der Waals surface area contributed by atoms with Crippen molar-refractivity contribution in [1.82, 2.24) is 0 Å². The molecular weight excluding hydrogens is 608 g/mol. The van der Waals surface area contributed by atoms with Gasteiger partial charge in [-0.1, -0.05) is 46.8 Å². The van der Waals surface area contributed by atoms with Crippen LogP contribution in [0.1, 0.15) is 141 Å². The quantitative estimate of drug-likeness (QED) is 0.295. The van der Waals surface area contributed by atoms with Gasteiger partial charge in [-0.25, -0.2) is 9.59 Å². The van der Waals surface area contributed by atoms with Gasteiger partial charge < -0.3 is 24.4 Å². The summed E-state index contributed by atoms with van der Waals surface area (Å²) in [5.41, 5.74) is -1.89. The number of carboxylic acids is 1. The van der Waals surface area contributed by atoms with Crippen LogP contribution in [0.5, 0.6) is 0 Å². The molecule has 0 amide bonds. The van der Waals surface area contributed by atoms with Crippen molar-refractivity contribution in [2.24, 2.45) is 45.3 Å². The van der Waals surface area contributed by atoms with E-state index >= 15 is 0 Å². The van der Waals surface area contributed by atoms with E-state index in [1.165, 1.54) is 13.0 Å². The Morgan fingerprint density at radius 3 is 2.08 bits per heavy atom. The topological polar surface area (TPSA) is 119 Å². The Labute approximate surface area is 286 Å². The molecule has 48 heavy (non-hydrogen) atoms. The van der Waals surface area contributed by atoms with Crippen molar-refractivity contribution >= 4 is 17.9 Å². The molecule has 8 nitrogen and oxygen atoms in total. The molecule has 1 aromatic carbocycles. The first kappa shape index (κ1) is 35.4. The van der Waals surface area contributed by atoms with Gasteiger partial charge in [-0.3, -0.25) is 4.79 Å². The molecule has 8 heteroatoms. The average Bonchev–Trinajstić information content (AvgIpc) is 3.58. The van der Waals surface area contributed by atoms with Crippen molar-refractivity contribution < 1.29 is 38.8 Å². The zero-order valence-corrected chi connectivity index (χ0v) is 30.6. The standard InChI is InChI=1S/C40H58O8/c1-23(41)46-30-16-18-37(6)28(35(30,2)3)15-20-38(7)29(37)22-27(47-34(44)25-13-11-10-12-24(25)33(42)43)32-26(14-19-39(32,38)8)40(9)21-17-31(48-40)36(4,5)45/h10-13,26-32,45H,14-22H2,1-9H3,(H,42,43)/t26-,27+,28-,29+,30-,31-,32-,37-,38+,39+,40-/m0/s1. The highest BCUT2D eigenvalue weighted by Crippen LogP contribution is 2.76. The van der Waals surface area contributed by atoms with Gasteiger partial charge in [0, 0.05) is 18.3 Å². The molecule has 1 aliphatic heterocycles. The molecule has 5 aliphatic rings. The lowest BCUT2D eigenvalue weighted by Crippen LogP contribution is -2.67. The first-order valence-corrected chi connectivity index (χ1v) is 18.3. The maximum Gasteiger partial charge on any atom is 0.339 e. The highest BCUT2D eigenvalue weighted by molar-refractivity contribution is 6.02. The minimum Gasteiger partial charge on any atom is -0.478 e. The fraction of sp³-hybridized carbons (Fsp3) is 0.775. The fourth-order valence-corrected chi connectivity index (χ4v) is 12.6. The number of fused-ring (bicyclic) bond motifs is 5. The summed E-state index contributed by atoms with van der Waals surface area (Å²) in [6.45, 7) is 19.2. The molecule has 0 spiro atoms. The molecule has 4 aliphatic carbocycles. The summed E-state index contributed by atoms with van der Waals surface area (Å²) in [4.78, 5) is 38.3. The molecule has 0 aromatic heterocycles. The summed E-state index contributed by atoms with van der Waals surface area (Å²) in [6, 6.07) is 6.32. The number of carboxylic acid groups (broad SMARTS) is 1. The number of ether oxygens (including phenoxy) is 3. The van der Waals surface area contributed by atoms with Crippen LogP contribution in [0.15, 0.2) is 24.3 Å². The normalized spacial score (nSPS) is 43.4. The second-order valence-corrected chi connectivity index (χ2v) is 18.3. The van der Waals surface area contributed by atoms with Crippen LogP contribution >= 0.6 is 0 Å². The van der Waals surface area contributed by atoms with Crippen LogP contribution < -0.4 is 0 Å². The molecule has 1 aromatic rings. The van der Waals surface area contributed by atoms with Gasteiger partial charge in [0.25, 0.3) is 0 Å². The molecule has 11 atom stereocenters. The van der Waals surface area contributed by atoms with Crippen LogP contribution in [0.2, 0.25) is 0 Å². The fourth-order valence-electron chi connectivity index (χ4n) is 12.6. The van der Waals surface area contributed by atoms with Crippen LogP contribution in [-0.2, 0) is 19.0 Å². The second kappa shape index (κ2) is 11.5. The Kier molecular flexibility index (Phi) is 8.51. The van der Waals surface area contributed by atoms with E-state index in [0.29, 0.717) is 12.3 Å². The van der Waals surface area contributed by atoms with E-state index in [0.717, 1.165) is 51.4 Å². The summed E-state index contributed by atoms with van der Waals surface area (Å²) in [7, 11) is 0. The summed E-state index contributed by atoms with van der Waals surface area (Å²) in [5, 5.41) is 20.8. The van der Waals surface area contributed by atoms with Crippen LogP contribution in [0.4, 0.5) is 0 Å². The number of rotatable bonds is 6. The van der Waals surface area contributed by atoms with Crippen LogP contribution in [0, 0.1) is 45.3 Å². The van der Waals surface area contributed by atoms with E-state index in [2.05, 4.69) is 41.5 Å². The van der Waals surface area contributed by atoms with Gasteiger partial charge in [0.15, 0.2) is 0 Å². The van der Waals surface area contributed by atoms with Crippen molar-refractivity contribution in [3.05, 3.63) is 35.4 Å². The first-order chi connectivity index (χ1) is 22.2. The lowest BCUT2D eigenvalue weighted by molar-refractivity contribution is -0.250. The van der Waals surface area contributed by atoms with Gasteiger partial charge in [-0.15, -0.1) is 0 Å². The molecule has 2 N–H and O–H groups in total. The summed E-state index contributed by atoms with van der Waals surface area (Å²) in [5.74, 6) is -1.27. The number of benzene rings is 1. The highest BCUT2D eigenvalue weighted by Gasteiger charge is 2.73. The monoisotopic (exact) mass is 666 g/mol. The Bertz CT molecular complexity index is 1460. The summed E-state index contributed by atoms with van der Waals surface area (Å²) < 4.78 is 19.4. The molecule has 6 rings (SSSR count). The Morgan fingerprint density at radius 2 is 1.48 bits per heavy atom. The van der Waals surface area contributed by atoms with Crippen molar-refractivity contribution in [1.29, 1.82) is 0 Å². The highest BCUT2D eigenvalue weighted by atomic mass is 16.6. The number of carbonyl (C=O) groups is 3. The van der Waals surface area contributed by atoms with Crippen molar-refractivity contribution in [3.63, 3.8) is 0 Å². The van der Waals surface area contributed by atoms with E-state index in [-0.39, 0.29) is 68.7 Å². The Morgan fingerprint density at radius 1 is 0.833 bits per heavy atom. The van der Waals surface area contributed by atoms with E-state index in [1.54, 1.807) is 18.2 Å². The molecule has 4 saturated carbocycles. The molecular formula is C40H58O8.